The lowest BCUT2D eigenvalue weighted by Crippen LogP contribution is -2.49. The highest BCUT2D eigenvalue weighted by atomic mass is 19.1. The van der Waals surface area contributed by atoms with E-state index in [4.69, 9.17) is 0 Å². The highest BCUT2D eigenvalue weighted by molar-refractivity contribution is 6.07. The maximum Gasteiger partial charge on any atom is 0.346 e. The number of halogens is 1. The number of benzene rings is 1. The average Bonchev–Trinajstić information content (AvgIpc) is 3.10. The number of hydrogen-bond acceptors (Lipinski definition) is 4. The molecule has 29 heavy (non-hydrogen) atoms. The second-order valence-electron chi connectivity index (χ2n) is 8.03. The van der Waals surface area contributed by atoms with Crippen molar-refractivity contribution in [3.05, 3.63) is 47.0 Å². The lowest BCUT2D eigenvalue weighted by Gasteiger charge is -2.33. The standard InChI is InChI=1S/C21H24FN5O2/c1-13-8-10-21(11-9-13)19(28)27(20(29)24-21)23-12-18-14(2)25-26(15(18)3)17-6-4-16(22)5-7-17/h4-7,12-13H,8-11H2,1-3H3,(H,24,29). The molecule has 2 aliphatic rings. The van der Waals surface area contributed by atoms with Gasteiger partial charge in [-0.05, 0) is 69.7 Å². The van der Waals surface area contributed by atoms with Crippen LogP contribution in [0.4, 0.5) is 9.18 Å². The predicted octanol–water partition coefficient (Wildman–Crippen LogP) is 3.46. The van der Waals surface area contributed by atoms with Crippen molar-refractivity contribution in [2.45, 2.75) is 52.0 Å². The molecule has 7 nitrogen and oxygen atoms in total. The number of carbonyl (C=O) groups is 2. The monoisotopic (exact) mass is 397 g/mol. The van der Waals surface area contributed by atoms with Crippen LogP contribution in [0, 0.1) is 25.6 Å². The summed E-state index contributed by atoms with van der Waals surface area (Å²) < 4.78 is 14.9. The van der Waals surface area contributed by atoms with Crippen LogP contribution in [0.25, 0.3) is 5.69 Å². The van der Waals surface area contributed by atoms with Crippen molar-refractivity contribution in [3.63, 3.8) is 0 Å². The second-order valence-corrected chi connectivity index (χ2v) is 8.03. The Morgan fingerprint density at radius 1 is 1.21 bits per heavy atom. The molecule has 1 N–H and O–H groups in total. The van der Waals surface area contributed by atoms with Gasteiger partial charge in [0, 0.05) is 5.56 Å². The summed E-state index contributed by atoms with van der Waals surface area (Å²) >= 11 is 0. The van der Waals surface area contributed by atoms with Crippen molar-refractivity contribution in [1.82, 2.24) is 20.1 Å². The van der Waals surface area contributed by atoms with E-state index in [9.17, 15) is 14.0 Å². The number of hydrazone groups is 1. The minimum atomic E-state index is -0.816. The summed E-state index contributed by atoms with van der Waals surface area (Å²) in [5, 5.41) is 12.5. The van der Waals surface area contributed by atoms with Crippen molar-refractivity contribution in [1.29, 1.82) is 0 Å². The molecule has 1 aliphatic carbocycles. The fraction of sp³-hybridized carbons (Fsp3) is 0.429. The van der Waals surface area contributed by atoms with Gasteiger partial charge in [0.05, 0.1) is 23.3 Å². The van der Waals surface area contributed by atoms with Gasteiger partial charge in [0.1, 0.15) is 11.4 Å². The van der Waals surface area contributed by atoms with Gasteiger partial charge in [-0.1, -0.05) is 6.92 Å². The quantitative estimate of drug-likeness (QED) is 0.636. The van der Waals surface area contributed by atoms with Crippen LogP contribution in [-0.2, 0) is 4.79 Å². The first kappa shape index (κ1) is 19.3. The topological polar surface area (TPSA) is 79.6 Å². The number of aryl methyl sites for hydroxylation is 1. The molecule has 8 heteroatoms. The molecule has 1 saturated heterocycles. The summed E-state index contributed by atoms with van der Waals surface area (Å²) in [6.07, 6.45) is 4.61. The molecule has 2 heterocycles. The minimum Gasteiger partial charge on any atom is -0.321 e. The number of imide groups is 1. The van der Waals surface area contributed by atoms with Crippen LogP contribution in [0.15, 0.2) is 29.4 Å². The Balaban J connectivity index is 1.59. The van der Waals surface area contributed by atoms with E-state index in [1.54, 1.807) is 16.8 Å². The predicted molar refractivity (Wildman–Crippen MR) is 106 cm³/mol. The van der Waals surface area contributed by atoms with E-state index < -0.39 is 11.6 Å². The maximum atomic E-state index is 13.2. The van der Waals surface area contributed by atoms with Crippen LogP contribution < -0.4 is 5.32 Å². The van der Waals surface area contributed by atoms with Crippen LogP contribution in [-0.4, -0.2) is 38.5 Å². The zero-order valence-corrected chi connectivity index (χ0v) is 16.8. The van der Waals surface area contributed by atoms with Crippen LogP contribution in [0.1, 0.15) is 49.6 Å². The highest BCUT2D eigenvalue weighted by Gasteiger charge is 2.52. The summed E-state index contributed by atoms with van der Waals surface area (Å²) in [7, 11) is 0. The van der Waals surface area contributed by atoms with Gasteiger partial charge in [-0.3, -0.25) is 4.79 Å². The highest BCUT2D eigenvalue weighted by Crippen LogP contribution is 2.36. The molecular weight excluding hydrogens is 373 g/mol. The number of amides is 3. The first-order valence-electron chi connectivity index (χ1n) is 9.83. The first-order chi connectivity index (χ1) is 13.8. The molecule has 2 aromatic rings. The third-order valence-corrected chi connectivity index (χ3v) is 5.99. The van der Waals surface area contributed by atoms with Crippen LogP contribution in [0.5, 0.6) is 0 Å². The minimum absolute atomic E-state index is 0.285. The van der Waals surface area contributed by atoms with E-state index in [2.05, 4.69) is 22.4 Å². The number of nitrogens with one attached hydrogen (secondary N) is 1. The van der Waals surface area contributed by atoms with Crippen molar-refractivity contribution in [2.75, 3.05) is 0 Å². The number of hydrogen-bond donors (Lipinski definition) is 1. The average molecular weight is 397 g/mol. The van der Waals surface area contributed by atoms with Crippen molar-refractivity contribution in [2.24, 2.45) is 11.0 Å². The number of carbonyl (C=O) groups excluding carboxylic acids is 2. The van der Waals surface area contributed by atoms with E-state index in [0.29, 0.717) is 30.0 Å². The second kappa shape index (κ2) is 7.09. The summed E-state index contributed by atoms with van der Waals surface area (Å²) in [6, 6.07) is 5.54. The van der Waals surface area contributed by atoms with Crippen LogP contribution in [0.2, 0.25) is 0 Å². The third kappa shape index (κ3) is 3.32. The molecule has 2 fully saturated rings. The Morgan fingerprint density at radius 2 is 1.86 bits per heavy atom. The summed E-state index contributed by atoms with van der Waals surface area (Å²) in [5.41, 5.74) is 2.10. The Morgan fingerprint density at radius 3 is 2.52 bits per heavy atom. The number of aromatic nitrogens is 2. The van der Waals surface area contributed by atoms with Gasteiger partial charge in [0.2, 0.25) is 0 Å². The van der Waals surface area contributed by atoms with Gasteiger partial charge in [0.25, 0.3) is 5.91 Å². The number of rotatable bonds is 3. The molecule has 0 bridgehead atoms. The SMILES string of the molecule is Cc1nn(-c2ccc(F)cc2)c(C)c1C=NN1C(=O)NC2(CCC(C)CC2)C1=O. The Bertz CT molecular complexity index is 987. The van der Waals surface area contributed by atoms with Gasteiger partial charge < -0.3 is 5.32 Å². The molecular formula is C21H24FN5O2. The summed E-state index contributed by atoms with van der Waals surface area (Å²) in [4.78, 5) is 25.3. The summed E-state index contributed by atoms with van der Waals surface area (Å²) in [6.45, 7) is 5.85. The van der Waals surface area contributed by atoms with Crippen molar-refractivity contribution >= 4 is 18.2 Å². The van der Waals surface area contributed by atoms with E-state index in [1.165, 1.54) is 18.3 Å². The zero-order valence-electron chi connectivity index (χ0n) is 16.8. The Kier molecular flexibility index (Phi) is 4.72. The van der Waals surface area contributed by atoms with Gasteiger partial charge >= 0.3 is 6.03 Å². The molecule has 1 saturated carbocycles. The fourth-order valence-corrected chi connectivity index (χ4v) is 4.10. The van der Waals surface area contributed by atoms with Crippen LogP contribution >= 0.6 is 0 Å². The fourth-order valence-electron chi connectivity index (χ4n) is 4.10. The molecule has 0 radical (unpaired) electrons. The lowest BCUT2D eigenvalue weighted by atomic mass is 9.77. The Hall–Kier alpha value is -3.03. The molecule has 0 atom stereocenters. The van der Waals surface area contributed by atoms with Crippen molar-refractivity contribution in [3.8, 4) is 5.69 Å². The number of urea groups is 1. The largest absolute Gasteiger partial charge is 0.346 e. The zero-order chi connectivity index (χ0) is 20.8. The third-order valence-electron chi connectivity index (χ3n) is 5.99. The van der Waals surface area contributed by atoms with Crippen molar-refractivity contribution < 1.29 is 14.0 Å². The molecule has 1 spiro atoms. The molecule has 0 unspecified atom stereocenters. The van der Waals surface area contributed by atoms with E-state index >= 15 is 0 Å². The molecule has 3 amide bonds. The normalized spacial score (nSPS) is 24.7. The van der Waals surface area contributed by atoms with E-state index in [0.717, 1.165) is 29.2 Å². The van der Waals surface area contributed by atoms with Gasteiger partial charge in [-0.2, -0.15) is 10.2 Å². The first-order valence-corrected chi connectivity index (χ1v) is 9.83. The molecule has 4 rings (SSSR count). The van der Waals surface area contributed by atoms with E-state index in [1.807, 2.05) is 13.8 Å². The molecule has 1 aromatic heterocycles. The lowest BCUT2D eigenvalue weighted by molar-refractivity contribution is -0.132. The molecule has 152 valence electrons. The van der Waals surface area contributed by atoms with Gasteiger partial charge in [-0.25, -0.2) is 13.9 Å². The summed E-state index contributed by atoms with van der Waals surface area (Å²) in [5.74, 6) is -0.0426. The number of nitrogens with zero attached hydrogens (tertiary/aromatic N) is 4. The smallest absolute Gasteiger partial charge is 0.321 e. The van der Waals surface area contributed by atoms with Gasteiger partial charge in [0.15, 0.2) is 0 Å². The van der Waals surface area contributed by atoms with Gasteiger partial charge in [-0.15, -0.1) is 5.01 Å². The molecule has 1 aliphatic heterocycles. The van der Waals surface area contributed by atoms with Crippen LogP contribution in [0.3, 0.4) is 0 Å². The Labute approximate surface area is 168 Å². The molecule has 1 aromatic carbocycles. The van der Waals surface area contributed by atoms with E-state index in [-0.39, 0.29) is 11.7 Å². The maximum absolute atomic E-state index is 13.2.